The molecule has 0 bridgehead atoms. The van der Waals surface area contributed by atoms with Crippen LogP contribution in [0, 0.1) is 9.39 Å². The molecular weight excluding hydrogens is 356 g/mol. The van der Waals surface area contributed by atoms with E-state index in [9.17, 15) is 4.39 Å². The van der Waals surface area contributed by atoms with E-state index in [-0.39, 0.29) is 11.9 Å². The molecule has 2 N–H and O–H groups in total. The molecule has 0 heterocycles. The molecule has 100 valence electrons. The molecule has 4 heteroatoms. The van der Waals surface area contributed by atoms with E-state index >= 15 is 0 Å². The lowest BCUT2D eigenvalue weighted by molar-refractivity contribution is 0.300. The van der Waals surface area contributed by atoms with Crippen molar-refractivity contribution in [2.24, 2.45) is 5.73 Å². The standard InChI is InChI=1S/C15H15FINO/c1-10(18)14-7-4-12(16)8-15(14)19-9-11-2-5-13(17)6-3-11/h2-8,10H,9,18H2,1H3. The van der Waals surface area contributed by atoms with E-state index in [1.54, 1.807) is 6.07 Å². The van der Waals surface area contributed by atoms with Crippen LogP contribution in [-0.2, 0) is 6.61 Å². The third-order valence-electron chi connectivity index (χ3n) is 2.77. The highest BCUT2D eigenvalue weighted by Crippen LogP contribution is 2.25. The van der Waals surface area contributed by atoms with Crippen LogP contribution in [-0.4, -0.2) is 0 Å². The second-order valence-electron chi connectivity index (χ2n) is 4.39. The van der Waals surface area contributed by atoms with Gasteiger partial charge in [-0.05, 0) is 53.3 Å². The van der Waals surface area contributed by atoms with E-state index in [1.165, 1.54) is 15.7 Å². The van der Waals surface area contributed by atoms with Crippen molar-refractivity contribution in [3.05, 3.63) is 63.0 Å². The average Bonchev–Trinajstić information content (AvgIpc) is 2.38. The molecule has 0 aromatic heterocycles. The van der Waals surface area contributed by atoms with Crippen LogP contribution < -0.4 is 10.5 Å². The van der Waals surface area contributed by atoms with Crippen LogP contribution in [0.2, 0.25) is 0 Å². The molecule has 0 spiro atoms. The smallest absolute Gasteiger partial charge is 0.127 e. The van der Waals surface area contributed by atoms with E-state index < -0.39 is 0 Å². The zero-order chi connectivity index (χ0) is 13.8. The predicted octanol–water partition coefficient (Wildman–Crippen LogP) is 4.03. The minimum absolute atomic E-state index is 0.188. The fourth-order valence-electron chi connectivity index (χ4n) is 1.75. The fraction of sp³-hybridized carbons (Fsp3) is 0.200. The summed E-state index contributed by atoms with van der Waals surface area (Å²) in [4.78, 5) is 0. The van der Waals surface area contributed by atoms with Crippen LogP contribution in [0.25, 0.3) is 0 Å². The Balaban J connectivity index is 2.14. The normalized spacial score (nSPS) is 12.2. The summed E-state index contributed by atoms with van der Waals surface area (Å²) >= 11 is 2.25. The van der Waals surface area contributed by atoms with E-state index in [0.717, 1.165) is 11.1 Å². The Labute approximate surface area is 125 Å². The molecule has 19 heavy (non-hydrogen) atoms. The van der Waals surface area contributed by atoms with Gasteiger partial charge in [0.15, 0.2) is 0 Å². The van der Waals surface area contributed by atoms with Gasteiger partial charge < -0.3 is 10.5 Å². The monoisotopic (exact) mass is 371 g/mol. The summed E-state index contributed by atoms with van der Waals surface area (Å²) in [7, 11) is 0. The molecule has 2 rings (SSSR count). The molecule has 0 amide bonds. The van der Waals surface area contributed by atoms with Gasteiger partial charge in [0.1, 0.15) is 18.2 Å². The predicted molar refractivity (Wildman–Crippen MR) is 82.5 cm³/mol. The molecule has 0 saturated carbocycles. The topological polar surface area (TPSA) is 35.2 Å². The highest BCUT2D eigenvalue weighted by molar-refractivity contribution is 14.1. The maximum atomic E-state index is 13.3. The van der Waals surface area contributed by atoms with Crippen molar-refractivity contribution in [2.75, 3.05) is 0 Å². The second-order valence-corrected chi connectivity index (χ2v) is 5.63. The molecule has 0 fully saturated rings. The Morgan fingerprint density at radius 2 is 1.89 bits per heavy atom. The average molecular weight is 371 g/mol. The number of hydrogen-bond donors (Lipinski definition) is 1. The highest BCUT2D eigenvalue weighted by Gasteiger charge is 2.09. The van der Waals surface area contributed by atoms with E-state index in [2.05, 4.69) is 22.6 Å². The second kappa shape index (κ2) is 6.34. The molecule has 0 aliphatic rings. The molecule has 1 unspecified atom stereocenters. The Hall–Kier alpha value is -1.14. The Bertz CT molecular complexity index is 555. The zero-order valence-electron chi connectivity index (χ0n) is 10.6. The molecule has 2 aromatic carbocycles. The number of nitrogens with two attached hydrogens (primary N) is 1. The number of halogens is 2. The summed E-state index contributed by atoms with van der Waals surface area (Å²) in [6, 6.07) is 12.3. The first kappa shape index (κ1) is 14.3. The lowest BCUT2D eigenvalue weighted by Crippen LogP contribution is -2.08. The first-order valence-corrected chi connectivity index (χ1v) is 7.06. The van der Waals surface area contributed by atoms with Gasteiger partial charge in [-0.15, -0.1) is 0 Å². The molecule has 1 atom stereocenters. The van der Waals surface area contributed by atoms with Crippen LogP contribution in [0.4, 0.5) is 4.39 Å². The molecule has 2 nitrogen and oxygen atoms in total. The third kappa shape index (κ3) is 3.91. The number of benzene rings is 2. The van der Waals surface area contributed by atoms with Gasteiger partial charge in [0, 0.05) is 21.2 Å². The number of rotatable bonds is 4. The van der Waals surface area contributed by atoms with Crippen molar-refractivity contribution in [1.82, 2.24) is 0 Å². The summed E-state index contributed by atoms with van der Waals surface area (Å²) in [6.45, 7) is 2.26. The quantitative estimate of drug-likeness (QED) is 0.824. The van der Waals surface area contributed by atoms with Crippen molar-refractivity contribution < 1.29 is 9.13 Å². The lowest BCUT2D eigenvalue weighted by atomic mass is 10.1. The largest absolute Gasteiger partial charge is 0.488 e. The van der Waals surface area contributed by atoms with Gasteiger partial charge in [0.2, 0.25) is 0 Å². The van der Waals surface area contributed by atoms with E-state index in [1.807, 2.05) is 31.2 Å². The summed E-state index contributed by atoms with van der Waals surface area (Å²) in [5.74, 6) is 0.190. The minimum atomic E-state index is -0.318. The van der Waals surface area contributed by atoms with Crippen molar-refractivity contribution in [3.8, 4) is 5.75 Å². The van der Waals surface area contributed by atoms with E-state index in [4.69, 9.17) is 10.5 Å². The molecule has 0 aliphatic carbocycles. The minimum Gasteiger partial charge on any atom is -0.488 e. The van der Waals surface area contributed by atoms with Gasteiger partial charge >= 0.3 is 0 Å². The summed E-state index contributed by atoms with van der Waals surface area (Å²) < 4.78 is 20.1. The van der Waals surface area contributed by atoms with Crippen LogP contribution in [0.1, 0.15) is 24.1 Å². The molecule has 0 radical (unpaired) electrons. The van der Waals surface area contributed by atoms with Crippen LogP contribution in [0.5, 0.6) is 5.75 Å². The molecule has 2 aromatic rings. The first-order valence-electron chi connectivity index (χ1n) is 5.98. The van der Waals surface area contributed by atoms with Crippen LogP contribution >= 0.6 is 22.6 Å². The van der Waals surface area contributed by atoms with Gasteiger partial charge in [-0.3, -0.25) is 0 Å². The number of hydrogen-bond acceptors (Lipinski definition) is 2. The maximum Gasteiger partial charge on any atom is 0.127 e. The summed E-state index contributed by atoms with van der Waals surface area (Å²) in [5.41, 5.74) is 7.70. The first-order chi connectivity index (χ1) is 9.06. The van der Waals surface area contributed by atoms with Gasteiger partial charge in [-0.2, -0.15) is 0 Å². The molecule has 0 aliphatic heterocycles. The zero-order valence-corrected chi connectivity index (χ0v) is 12.7. The summed E-state index contributed by atoms with van der Waals surface area (Å²) in [5, 5.41) is 0. The van der Waals surface area contributed by atoms with Crippen molar-refractivity contribution in [2.45, 2.75) is 19.6 Å². The summed E-state index contributed by atoms with van der Waals surface area (Å²) in [6.07, 6.45) is 0. The highest BCUT2D eigenvalue weighted by atomic mass is 127. The number of ether oxygens (including phenoxy) is 1. The SMILES string of the molecule is CC(N)c1ccc(F)cc1OCc1ccc(I)cc1. The lowest BCUT2D eigenvalue weighted by Gasteiger charge is -2.14. The van der Waals surface area contributed by atoms with Crippen LogP contribution in [0.15, 0.2) is 42.5 Å². The van der Waals surface area contributed by atoms with Gasteiger partial charge in [0.05, 0.1) is 0 Å². The Morgan fingerprint density at radius 1 is 1.21 bits per heavy atom. The van der Waals surface area contributed by atoms with Crippen LogP contribution in [0.3, 0.4) is 0 Å². The third-order valence-corrected chi connectivity index (χ3v) is 3.49. The van der Waals surface area contributed by atoms with Crippen molar-refractivity contribution in [3.63, 3.8) is 0 Å². The maximum absolute atomic E-state index is 13.3. The van der Waals surface area contributed by atoms with Gasteiger partial charge in [-0.1, -0.05) is 18.2 Å². The van der Waals surface area contributed by atoms with Gasteiger partial charge in [0.25, 0.3) is 0 Å². The van der Waals surface area contributed by atoms with Crippen molar-refractivity contribution >= 4 is 22.6 Å². The van der Waals surface area contributed by atoms with E-state index in [0.29, 0.717) is 12.4 Å². The van der Waals surface area contributed by atoms with Crippen molar-refractivity contribution in [1.29, 1.82) is 0 Å². The Kier molecular flexibility index (Phi) is 4.76. The fourth-order valence-corrected chi connectivity index (χ4v) is 2.11. The molecular formula is C15H15FINO. The van der Waals surface area contributed by atoms with Gasteiger partial charge in [-0.25, -0.2) is 4.39 Å². The Morgan fingerprint density at radius 3 is 2.53 bits per heavy atom. The molecule has 0 saturated heterocycles.